The van der Waals surface area contributed by atoms with Gasteiger partial charge in [0.2, 0.25) is 11.8 Å². The lowest BCUT2D eigenvalue weighted by atomic mass is 9.85. The van der Waals surface area contributed by atoms with Gasteiger partial charge in [0.1, 0.15) is 0 Å². The van der Waals surface area contributed by atoms with Gasteiger partial charge in [0.25, 0.3) is 0 Å². The maximum Gasteiger partial charge on any atom is 0.227 e. The second kappa shape index (κ2) is 5.99. The van der Waals surface area contributed by atoms with Crippen molar-refractivity contribution in [3.8, 4) is 0 Å². The Morgan fingerprint density at radius 1 is 1.09 bits per heavy atom. The molecule has 0 unspecified atom stereocenters. The zero-order valence-electron chi connectivity index (χ0n) is 13.4. The van der Waals surface area contributed by atoms with E-state index in [0.29, 0.717) is 12.5 Å². The molecule has 1 aromatic carbocycles. The molecule has 3 aliphatic carbocycles. The van der Waals surface area contributed by atoms with Crippen LogP contribution in [0.2, 0.25) is 0 Å². The van der Waals surface area contributed by atoms with Crippen molar-refractivity contribution in [3.05, 3.63) is 29.8 Å². The van der Waals surface area contributed by atoms with Gasteiger partial charge >= 0.3 is 0 Å². The van der Waals surface area contributed by atoms with Gasteiger partial charge in [-0.3, -0.25) is 9.59 Å². The van der Waals surface area contributed by atoms with Crippen LogP contribution in [0.1, 0.15) is 44.1 Å². The summed E-state index contributed by atoms with van der Waals surface area (Å²) in [6.45, 7) is 0.542. The van der Waals surface area contributed by atoms with Gasteiger partial charge < -0.3 is 10.6 Å². The molecule has 3 aliphatic rings. The van der Waals surface area contributed by atoms with Gasteiger partial charge in [-0.1, -0.05) is 18.6 Å². The Kier molecular flexibility index (Phi) is 3.83. The quantitative estimate of drug-likeness (QED) is 0.848. The van der Waals surface area contributed by atoms with Crippen LogP contribution >= 0.6 is 0 Å². The lowest BCUT2D eigenvalue weighted by Gasteiger charge is -2.24. The molecule has 2 atom stereocenters. The van der Waals surface area contributed by atoms with E-state index < -0.39 is 0 Å². The minimum absolute atomic E-state index is 0.127. The number of hydrogen-bond donors (Lipinski definition) is 2. The van der Waals surface area contributed by atoms with Crippen molar-refractivity contribution in [3.63, 3.8) is 0 Å². The molecule has 3 saturated carbocycles. The van der Waals surface area contributed by atoms with Gasteiger partial charge in [-0.2, -0.15) is 0 Å². The van der Waals surface area contributed by atoms with Crippen molar-refractivity contribution in [2.45, 2.75) is 45.1 Å². The molecule has 4 heteroatoms. The Balaban J connectivity index is 1.28. The molecular weight excluding hydrogens is 288 g/mol. The highest BCUT2D eigenvalue weighted by Crippen LogP contribution is 2.54. The Labute approximate surface area is 137 Å². The van der Waals surface area contributed by atoms with Crippen molar-refractivity contribution >= 4 is 17.5 Å². The molecule has 0 spiro atoms. The van der Waals surface area contributed by atoms with Gasteiger partial charge in [0.15, 0.2) is 0 Å². The molecule has 0 heterocycles. The predicted octanol–water partition coefficient (Wildman–Crippen LogP) is 3.09. The third-order valence-electron chi connectivity index (χ3n) is 5.54. The van der Waals surface area contributed by atoms with Crippen molar-refractivity contribution in [2.75, 3.05) is 5.32 Å². The number of carbonyl (C=O) groups is 2. The van der Waals surface area contributed by atoms with E-state index in [4.69, 9.17) is 0 Å². The monoisotopic (exact) mass is 312 g/mol. The molecule has 0 bridgehead atoms. The molecule has 0 saturated heterocycles. The van der Waals surface area contributed by atoms with E-state index in [1.807, 2.05) is 24.3 Å². The van der Waals surface area contributed by atoms with E-state index in [1.165, 1.54) is 12.8 Å². The lowest BCUT2D eigenvalue weighted by molar-refractivity contribution is -0.123. The summed E-state index contributed by atoms with van der Waals surface area (Å²) in [5, 5.41) is 6.03. The first-order valence-electron chi connectivity index (χ1n) is 8.88. The van der Waals surface area contributed by atoms with Crippen LogP contribution in [0.5, 0.6) is 0 Å². The fraction of sp³-hybridized carbons (Fsp3) is 0.579. The van der Waals surface area contributed by atoms with E-state index >= 15 is 0 Å². The second-order valence-electron chi connectivity index (χ2n) is 7.38. The Morgan fingerprint density at radius 3 is 2.61 bits per heavy atom. The molecule has 122 valence electrons. The van der Waals surface area contributed by atoms with Crippen LogP contribution in [0.4, 0.5) is 5.69 Å². The average Bonchev–Trinajstić information content (AvgIpc) is 3.35. The highest BCUT2D eigenvalue weighted by molar-refractivity contribution is 5.93. The summed E-state index contributed by atoms with van der Waals surface area (Å²) in [7, 11) is 0. The fourth-order valence-electron chi connectivity index (χ4n) is 3.56. The smallest absolute Gasteiger partial charge is 0.227 e. The third-order valence-corrected chi connectivity index (χ3v) is 5.54. The van der Waals surface area contributed by atoms with Gasteiger partial charge in [0.05, 0.1) is 0 Å². The normalized spacial score (nSPS) is 26.3. The number of hydrogen-bond acceptors (Lipinski definition) is 2. The van der Waals surface area contributed by atoms with E-state index in [-0.39, 0.29) is 23.7 Å². The molecule has 3 fully saturated rings. The van der Waals surface area contributed by atoms with Crippen LogP contribution in [-0.4, -0.2) is 11.8 Å². The number of rotatable bonds is 6. The van der Waals surface area contributed by atoms with E-state index in [9.17, 15) is 9.59 Å². The van der Waals surface area contributed by atoms with Crippen molar-refractivity contribution in [1.29, 1.82) is 0 Å². The molecular formula is C19H24N2O2. The Hall–Kier alpha value is -1.84. The van der Waals surface area contributed by atoms with Gasteiger partial charge in [-0.05, 0) is 61.6 Å². The lowest BCUT2D eigenvalue weighted by Crippen LogP contribution is -2.28. The summed E-state index contributed by atoms with van der Waals surface area (Å²) < 4.78 is 0. The highest BCUT2D eigenvalue weighted by Gasteiger charge is 2.50. The first-order chi connectivity index (χ1) is 11.2. The first kappa shape index (κ1) is 14.7. The van der Waals surface area contributed by atoms with E-state index in [0.717, 1.165) is 42.9 Å². The number of benzene rings is 1. The average molecular weight is 312 g/mol. The largest absolute Gasteiger partial charge is 0.352 e. The molecule has 0 aromatic heterocycles. The SMILES string of the molecule is O=C(Nc1cccc(CNC(=O)[C@H]2C[C@H]2C2CC2)c1)C1CCC1. The van der Waals surface area contributed by atoms with E-state index in [2.05, 4.69) is 10.6 Å². The van der Waals surface area contributed by atoms with Crippen LogP contribution in [-0.2, 0) is 16.1 Å². The number of nitrogens with one attached hydrogen (secondary N) is 2. The summed E-state index contributed by atoms with van der Waals surface area (Å²) in [5.74, 6) is 2.25. The van der Waals surface area contributed by atoms with Gasteiger partial charge in [-0.15, -0.1) is 0 Å². The van der Waals surface area contributed by atoms with Crippen LogP contribution in [0.3, 0.4) is 0 Å². The topological polar surface area (TPSA) is 58.2 Å². The number of carbonyl (C=O) groups excluding carboxylic acids is 2. The van der Waals surface area contributed by atoms with E-state index in [1.54, 1.807) is 0 Å². The second-order valence-corrected chi connectivity index (χ2v) is 7.38. The van der Waals surface area contributed by atoms with Crippen LogP contribution < -0.4 is 10.6 Å². The minimum atomic E-state index is 0.127. The minimum Gasteiger partial charge on any atom is -0.352 e. The molecule has 4 rings (SSSR count). The zero-order chi connectivity index (χ0) is 15.8. The summed E-state index contributed by atoms with van der Waals surface area (Å²) >= 11 is 0. The van der Waals surface area contributed by atoms with Crippen molar-refractivity contribution in [1.82, 2.24) is 5.32 Å². The Morgan fingerprint density at radius 2 is 1.91 bits per heavy atom. The summed E-state index contributed by atoms with van der Waals surface area (Å²) in [6.07, 6.45) is 6.88. The molecule has 2 N–H and O–H groups in total. The fourth-order valence-corrected chi connectivity index (χ4v) is 3.56. The highest BCUT2D eigenvalue weighted by atomic mass is 16.2. The first-order valence-corrected chi connectivity index (χ1v) is 8.88. The standard InChI is InChI=1S/C19H24N2O2/c22-18(14-4-2-5-14)21-15-6-1-3-12(9-15)11-20-19(23)17-10-16(17)13-7-8-13/h1,3,6,9,13-14,16-17H,2,4-5,7-8,10-11H2,(H,20,23)(H,21,22)/t16-,17-/m0/s1. The molecule has 1 aromatic rings. The van der Waals surface area contributed by atoms with Crippen LogP contribution in [0, 0.1) is 23.7 Å². The molecule has 0 radical (unpaired) electrons. The molecule has 2 amide bonds. The van der Waals surface area contributed by atoms with Gasteiger partial charge in [-0.25, -0.2) is 0 Å². The van der Waals surface area contributed by atoms with Crippen LogP contribution in [0.25, 0.3) is 0 Å². The van der Waals surface area contributed by atoms with Crippen molar-refractivity contribution in [2.24, 2.45) is 23.7 Å². The maximum atomic E-state index is 12.1. The van der Waals surface area contributed by atoms with Crippen molar-refractivity contribution < 1.29 is 9.59 Å². The Bertz CT molecular complexity index is 620. The third kappa shape index (κ3) is 3.41. The predicted molar refractivity (Wildman–Crippen MR) is 88.6 cm³/mol. The molecule has 0 aliphatic heterocycles. The molecule has 4 nitrogen and oxygen atoms in total. The summed E-state index contributed by atoms with van der Waals surface area (Å²) in [4.78, 5) is 24.1. The summed E-state index contributed by atoms with van der Waals surface area (Å²) in [5.41, 5.74) is 1.87. The van der Waals surface area contributed by atoms with Gasteiger partial charge in [0, 0.05) is 24.1 Å². The van der Waals surface area contributed by atoms with Crippen LogP contribution in [0.15, 0.2) is 24.3 Å². The number of amides is 2. The zero-order valence-corrected chi connectivity index (χ0v) is 13.4. The summed E-state index contributed by atoms with van der Waals surface area (Å²) in [6, 6.07) is 7.79. The molecule has 23 heavy (non-hydrogen) atoms. The number of anilines is 1. The maximum absolute atomic E-state index is 12.1.